The molecule has 0 atom stereocenters. The third-order valence-electron chi connectivity index (χ3n) is 5.21. The summed E-state index contributed by atoms with van der Waals surface area (Å²) in [6.45, 7) is 3.92. The maximum absolute atomic E-state index is 11.6. The number of hydrogen-bond acceptors (Lipinski definition) is 5. The van der Waals surface area contributed by atoms with Crippen molar-refractivity contribution in [2.45, 2.75) is 45.6 Å². The summed E-state index contributed by atoms with van der Waals surface area (Å²) in [6.07, 6.45) is 7.27. The highest BCUT2D eigenvalue weighted by atomic mass is 32.1. The first-order chi connectivity index (χ1) is 15.0. The van der Waals surface area contributed by atoms with Gasteiger partial charge < -0.3 is 15.8 Å². The molecule has 1 amide bonds. The number of ether oxygens (including phenoxy) is 1. The first-order valence-electron chi connectivity index (χ1n) is 10.6. The van der Waals surface area contributed by atoms with E-state index in [9.17, 15) is 4.79 Å². The van der Waals surface area contributed by atoms with Crippen LogP contribution in [0.2, 0.25) is 0 Å². The molecule has 1 aromatic heterocycles. The molecule has 6 heteroatoms. The van der Waals surface area contributed by atoms with Crippen molar-refractivity contribution in [2.75, 3.05) is 5.32 Å². The number of thiazole rings is 1. The first kappa shape index (κ1) is 21.1. The highest BCUT2D eigenvalue weighted by molar-refractivity contribution is 7.14. The molecule has 0 radical (unpaired) electrons. The standard InChI is InChI=1S/C25H27N3O2S/c1-16(2)30-23-13-12-20(24(26)29)14-21(23)27-25-28-22(15-31-25)19-10-8-18(9-11-19)17-6-4-3-5-7-17/h6,8-16H,3-5,7H2,1-2H3,(H2,26,29)(H,27,28). The van der Waals surface area contributed by atoms with E-state index < -0.39 is 5.91 Å². The number of rotatable bonds is 7. The van der Waals surface area contributed by atoms with Gasteiger partial charge in [0, 0.05) is 16.5 Å². The van der Waals surface area contributed by atoms with Crippen molar-refractivity contribution in [3.05, 3.63) is 65.0 Å². The average molecular weight is 434 g/mol. The zero-order valence-corrected chi connectivity index (χ0v) is 18.7. The van der Waals surface area contributed by atoms with Gasteiger partial charge in [-0.2, -0.15) is 0 Å². The summed E-state index contributed by atoms with van der Waals surface area (Å²) in [5.41, 5.74) is 11.3. The molecule has 3 aromatic rings. The topological polar surface area (TPSA) is 77.2 Å². The molecule has 1 aliphatic rings. The monoisotopic (exact) mass is 433 g/mol. The van der Waals surface area contributed by atoms with Gasteiger partial charge in [-0.3, -0.25) is 4.79 Å². The van der Waals surface area contributed by atoms with E-state index in [0.29, 0.717) is 17.0 Å². The number of primary amides is 1. The van der Waals surface area contributed by atoms with E-state index in [-0.39, 0.29) is 6.10 Å². The fourth-order valence-corrected chi connectivity index (χ4v) is 4.40. The molecule has 0 spiro atoms. The SMILES string of the molecule is CC(C)Oc1ccc(C(N)=O)cc1Nc1nc(-c2ccc(C3=CCCCC3)cc2)cs1. The minimum atomic E-state index is -0.479. The fourth-order valence-electron chi connectivity index (χ4n) is 3.67. The Balaban J connectivity index is 1.54. The Morgan fingerprint density at radius 2 is 1.90 bits per heavy atom. The van der Waals surface area contributed by atoms with Crippen molar-refractivity contribution in [1.82, 2.24) is 4.98 Å². The van der Waals surface area contributed by atoms with Gasteiger partial charge in [0.2, 0.25) is 5.91 Å². The van der Waals surface area contributed by atoms with Gasteiger partial charge in [0.25, 0.3) is 0 Å². The Bertz CT molecular complexity index is 1100. The molecule has 1 heterocycles. The number of aromatic nitrogens is 1. The number of allylic oxidation sites excluding steroid dienone is 2. The Hall–Kier alpha value is -3.12. The maximum Gasteiger partial charge on any atom is 0.248 e. The van der Waals surface area contributed by atoms with Crippen LogP contribution < -0.4 is 15.8 Å². The molecular formula is C25H27N3O2S. The molecule has 31 heavy (non-hydrogen) atoms. The van der Waals surface area contributed by atoms with E-state index >= 15 is 0 Å². The molecule has 3 N–H and O–H groups in total. The zero-order chi connectivity index (χ0) is 21.8. The number of carbonyl (C=O) groups excluding carboxylic acids is 1. The van der Waals surface area contributed by atoms with E-state index in [1.807, 2.05) is 19.2 Å². The lowest BCUT2D eigenvalue weighted by molar-refractivity contribution is 0.100. The van der Waals surface area contributed by atoms with Crippen molar-refractivity contribution in [2.24, 2.45) is 5.73 Å². The Morgan fingerprint density at radius 3 is 2.58 bits per heavy atom. The van der Waals surface area contributed by atoms with Crippen LogP contribution in [0.1, 0.15) is 55.5 Å². The highest BCUT2D eigenvalue weighted by Gasteiger charge is 2.13. The molecule has 0 saturated heterocycles. The Labute approximate surface area is 187 Å². The molecule has 0 fully saturated rings. The normalized spacial score (nSPS) is 13.7. The van der Waals surface area contributed by atoms with Crippen LogP contribution in [0.3, 0.4) is 0 Å². The number of hydrogen-bond donors (Lipinski definition) is 2. The number of nitrogens with one attached hydrogen (secondary N) is 1. The van der Waals surface area contributed by atoms with Gasteiger partial charge in [0.1, 0.15) is 5.75 Å². The van der Waals surface area contributed by atoms with Crippen molar-refractivity contribution in [3.8, 4) is 17.0 Å². The van der Waals surface area contributed by atoms with Crippen LogP contribution in [0.4, 0.5) is 10.8 Å². The first-order valence-corrected chi connectivity index (χ1v) is 11.5. The second-order valence-corrected chi connectivity index (χ2v) is 8.82. The van der Waals surface area contributed by atoms with E-state index in [2.05, 4.69) is 35.7 Å². The third kappa shape index (κ3) is 5.14. The summed E-state index contributed by atoms with van der Waals surface area (Å²) in [4.78, 5) is 16.3. The van der Waals surface area contributed by atoms with Crippen molar-refractivity contribution >= 4 is 33.6 Å². The lowest BCUT2D eigenvalue weighted by Crippen LogP contribution is -2.12. The van der Waals surface area contributed by atoms with Crippen molar-refractivity contribution in [1.29, 1.82) is 0 Å². The summed E-state index contributed by atoms with van der Waals surface area (Å²) in [6, 6.07) is 13.8. The van der Waals surface area contributed by atoms with Crippen LogP contribution >= 0.6 is 11.3 Å². The summed E-state index contributed by atoms with van der Waals surface area (Å²) in [5.74, 6) is 0.175. The number of carbonyl (C=O) groups is 1. The lowest BCUT2D eigenvalue weighted by atomic mass is 9.93. The molecule has 4 rings (SSSR count). The third-order valence-corrected chi connectivity index (χ3v) is 5.97. The molecule has 2 aromatic carbocycles. The maximum atomic E-state index is 11.6. The molecule has 160 valence electrons. The predicted molar refractivity (Wildman–Crippen MR) is 128 cm³/mol. The van der Waals surface area contributed by atoms with Crippen LogP contribution in [-0.2, 0) is 0 Å². The summed E-state index contributed by atoms with van der Waals surface area (Å²) >= 11 is 1.51. The molecular weight excluding hydrogens is 406 g/mol. The smallest absolute Gasteiger partial charge is 0.248 e. The minimum absolute atomic E-state index is 0.00428. The van der Waals surface area contributed by atoms with Crippen LogP contribution in [0.15, 0.2) is 53.9 Å². The lowest BCUT2D eigenvalue weighted by Gasteiger charge is -2.15. The zero-order valence-electron chi connectivity index (χ0n) is 17.9. The number of anilines is 2. The van der Waals surface area contributed by atoms with Gasteiger partial charge in [0.15, 0.2) is 5.13 Å². The minimum Gasteiger partial charge on any atom is -0.489 e. The van der Waals surface area contributed by atoms with Gasteiger partial charge in [-0.1, -0.05) is 30.3 Å². The van der Waals surface area contributed by atoms with E-state index in [1.54, 1.807) is 18.2 Å². The van der Waals surface area contributed by atoms with E-state index in [0.717, 1.165) is 22.8 Å². The number of nitrogens with zero attached hydrogens (tertiary/aromatic N) is 1. The van der Waals surface area contributed by atoms with Crippen LogP contribution in [0.5, 0.6) is 5.75 Å². The van der Waals surface area contributed by atoms with Gasteiger partial charge in [-0.15, -0.1) is 11.3 Å². The molecule has 1 aliphatic carbocycles. The van der Waals surface area contributed by atoms with Crippen LogP contribution in [0, 0.1) is 0 Å². The van der Waals surface area contributed by atoms with Crippen LogP contribution in [-0.4, -0.2) is 17.0 Å². The second kappa shape index (κ2) is 9.35. The Kier molecular flexibility index (Phi) is 6.37. The predicted octanol–water partition coefficient (Wildman–Crippen LogP) is 6.40. The summed E-state index contributed by atoms with van der Waals surface area (Å²) < 4.78 is 5.87. The number of amides is 1. The Morgan fingerprint density at radius 1 is 1.13 bits per heavy atom. The highest BCUT2D eigenvalue weighted by Crippen LogP contribution is 2.34. The van der Waals surface area contributed by atoms with E-state index in [4.69, 9.17) is 15.5 Å². The van der Waals surface area contributed by atoms with Gasteiger partial charge >= 0.3 is 0 Å². The van der Waals surface area contributed by atoms with Gasteiger partial charge in [-0.25, -0.2) is 4.98 Å². The number of nitrogens with two attached hydrogens (primary N) is 1. The quantitative estimate of drug-likeness (QED) is 0.452. The van der Waals surface area contributed by atoms with Gasteiger partial charge in [-0.05, 0) is 68.9 Å². The molecule has 0 saturated carbocycles. The van der Waals surface area contributed by atoms with E-state index in [1.165, 1.54) is 41.7 Å². The van der Waals surface area contributed by atoms with Crippen molar-refractivity contribution in [3.63, 3.8) is 0 Å². The molecule has 0 unspecified atom stereocenters. The summed E-state index contributed by atoms with van der Waals surface area (Å²) in [7, 11) is 0. The summed E-state index contributed by atoms with van der Waals surface area (Å²) in [5, 5.41) is 6.04. The largest absolute Gasteiger partial charge is 0.489 e. The van der Waals surface area contributed by atoms with Gasteiger partial charge in [0.05, 0.1) is 17.5 Å². The molecule has 5 nitrogen and oxygen atoms in total. The van der Waals surface area contributed by atoms with Crippen molar-refractivity contribution < 1.29 is 9.53 Å². The fraction of sp³-hybridized carbons (Fsp3) is 0.280. The van der Waals surface area contributed by atoms with Crippen LogP contribution in [0.25, 0.3) is 16.8 Å². The number of benzene rings is 2. The molecule has 0 bridgehead atoms. The second-order valence-electron chi connectivity index (χ2n) is 7.96. The molecule has 0 aliphatic heterocycles. The average Bonchev–Trinajstić information content (AvgIpc) is 3.24.